The Hall–Kier alpha value is -5.39. The first-order chi connectivity index (χ1) is 22.8. The van der Waals surface area contributed by atoms with Gasteiger partial charge in [-0.2, -0.15) is 0 Å². The van der Waals surface area contributed by atoms with Crippen LogP contribution in [0.4, 0.5) is 0 Å². The minimum atomic E-state index is -1.06. The average molecular weight is 635 g/mol. The summed E-state index contributed by atoms with van der Waals surface area (Å²) in [5.74, 6) is -2.13. The van der Waals surface area contributed by atoms with E-state index in [1.165, 1.54) is 18.2 Å². The van der Waals surface area contributed by atoms with Crippen LogP contribution in [0.1, 0.15) is 69.6 Å². The van der Waals surface area contributed by atoms with Crippen molar-refractivity contribution >= 4 is 57.4 Å². The van der Waals surface area contributed by atoms with Crippen molar-refractivity contribution in [2.45, 2.75) is 51.1 Å². The molecule has 0 bridgehead atoms. The normalized spacial score (nSPS) is 21.2. The van der Waals surface area contributed by atoms with Gasteiger partial charge in [-0.1, -0.05) is 18.2 Å². The van der Waals surface area contributed by atoms with Crippen molar-refractivity contribution < 1.29 is 28.8 Å². The third kappa shape index (κ3) is 5.75. The zero-order valence-electron chi connectivity index (χ0n) is 25.7. The maximum absolute atomic E-state index is 13.1. The molecule has 1 saturated heterocycles. The quantitative estimate of drug-likeness (QED) is 0.251. The van der Waals surface area contributed by atoms with Crippen LogP contribution in [0, 0.1) is 11.8 Å². The third-order valence-electron chi connectivity index (χ3n) is 9.64. The number of rotatable bonds is 8. The Kier molecular flexibility index (Phi) is 8.00. The molecule has 47 heavy (non-hydrogen) atoms. The molecule has 1 atom stereocenters. The number of hydrogen-bond acceptors (Lipinski definition) is 7. The second-order valence-corrected chi connectivity index (χ2v) is 12.6. The fourth-order valence-corrected chi connectivity index (χ4v) is 7.08. The Balaban J connectivity index is 0.886. The van der Waals surface area contributed by atoms with Crippen LogP contribution in [0.15, 0.2) is 60.8 Å². The monoisotopic (exact) mass is 634 g/mol. The molecule has 12 heteroatoms. The summed E-state index contributed by atoms with van der Waals surface area (Å²) in [5.41, 5.74) is 2.23. The number of pyridine rings is 1. The van der Waals surface area contributed by atoms with E-state index in [0.29, 0.717) is 19.0 Å². The highest BCUT2D eigenvalue weighted by Gasteiger charge is 2.44. The summed E-state index contributed by atoms with van der Waals surface area (Å²) in [4.78, 5) is 81.2. The number of aromatic nitrogens is 2. The second-order valence-electron chi connectivity index (χ2n) is 12.6. The van der Waals surface area contributed by atoms with E-state index >= 15 is 0 Å². The lowest BCUT2D eigenvalue weighted by molar-refractivity contribution is -0.136. The SMILES string of the molecule is O=C(Cn1c2ccccc2c2cccnc21)NCC1CCC(CNC(=O)c2ccc3c(c2)C(=O)N(C2CCC(=O)NC2=O)C3=O)CC1. The molecule has 0 spiro atoms. The smallest absolute Gasteiger partial charge is 0.262 e. The molecule has 3 aliphatic rings. The summed E-state index contributed by atoms with van der Waals surface area (Å²) in [5, 5.41) is 10.3. The largest absolute Gasteiger partial charge is 0.354 e. The van der Waals surface area contributed by atoms with E-state index in [9.17, 15) is 28.8 Å². The summed E-state index contributed by atoms with van der Waals surface area (Å²) in [7, 11) is 0. The fourth-order valence-electron chi connectivity index (χ4n) is 7.08. The highest BCUT2D eigenvalue weighted by molar-refractivity contribution is 6.24. The van der Waals surface area contributed by atoms with E-state index < -0.39 is 29.7 Å². The summed E-state index contributed by atoms with van der Waals surface area (Å²) in [6.07, 6.45) is 5.54. The number of fused-ring (bicyclic) bond motifs is 4. The van der Waals surface area contributed by atoms with Gasteiger partial charge in [0.25, 0.3) is 17.7 Å². The number of amides is 6. The summed E-state index contributed by atoms with van der Waals surface area (Å²) < 4.78 is 1.96. The molecule has 2 fully saturated rings. The maximum atomic E-state index is 13.1. The highest BCUT2D eigenvalue weighted by atomic mass is 16.2. The molecule has 3 N–H and O–H groups in total. The van der Waals surface area contributed by atoms with Crippen LogP contribution in [0.5, 0.6) is 0 Å². The molecule has 1 saturated carbocycles. The van der Waals surface area contributed by atoms with Gasteiger partial charge in [0.15, 0.2) is 0 Å². The van der Waals surface area contributed by atoms with Crippen LogP contribution in [-0.4, -0.2) is 69.0 Å². The molecular weight excluding hydrogens is 600 g/mol. The number of benzene rings is 2. The standard InChI is InChI=1S/C35H34N6O6/c42-29-14-13-28(33(45)39-29)41-34(46)25-12-11-22(16-26(25)35(41)47)32(44)38-18-21-9-7-20(8-10-21)17-37-30(43)19-40-27-6-2-1-4-23(27)24-5-3-15-36-31(24)40/h1-6,11-12,15-16,20-21,28H,7-10,13-14,17-19H2,(H,37,43)(H,38,44)(H,39,42,45). The van der Waals surface area contributed by atoms with E-state index in [2.05, 4.69) is 20.9 Å². The van der Waals surface area contributed by atoms with Gasteiger partial charge < -0.3 is 15.2 Å². The first kappa shape index (κ1) is 30.3. The second kappa shape index (κ2) is 12.4. The van der Waals surface area contributed by atoms with Crippen molar-refractivity contribution in [3.05, 3.63) is 77.5 Å². The van der Waals surface area contributed by atoms with Crippen LogP contribution in [0.25, 0.3) is 21.9 Å². The number of carbonyl (C=O) groups excluding carboxylic acids is 6. The number of nitrogens with zero attached hydrogens (tertiary/aromatic N) is 3. The minimum absolute atomic E-state index is 0.0373. The van der Waals surface area contributed by atoms with E-state index in [4.69, 9.17) is 0 Å². The van der Waals surface area contributed by atoms with Crippen LogP contribution in [0.3, 0.4) is 0 Å². The van der Waals surface area contributed by atoms with Gasteiger partial charge >= 0.3 is 0 Å². The van der Waals surface area contributed by atoms with Crippen molar-refractivity contribution in [1.29, 1.82) is 0 Å². The van der Waals surface area contributed by atoms with Gasteiger partial charge in [-0.3, -0.25) is 39.0 Å². The minimum Gasteiger partial charge on any atom is -0.354 e. The van der Waals surface area contributed by atoms with Crippen molar-refractivity contribution in [2.24, 2.45) is 11.8 Å². The summed E-state index contributed by atoms with van der Waals surface area (Å²) >= 11 is 0. The van der Waals surface area contributed by atoms with Crippen molar-refractivity contribution in [3.63, 3.8) is 0 Å². The molecule has 2 aromatic heterocycles. The Bertz CT molecular complexity index is 1910. The van der Waals surface area contributed by atoms with Gasteiger partial charge in [0.1, 0.15) is 18.2 Å². The first-order valence-corrected chi connectivity index (χ1v) is 16.0. The number of carbonyl (C=O) groups is 6. The fraction of sp³-hybridized carbons (Fsp3) is 0.343. The van der Waals surface area contributed by atoms with Crippen LogP contribution in [-0.2, 0) is 20.9 Å². The molecule has 4 heterocycles. The molecule has 4 aromatic rings. The molecule has 6 amide bonds. The van der Waals surface area contributed by atoms with Crippen LogP contribution >= 0.6 is 0 Å². The number of para-hydroxylation sites is 1. The zero-order chi connectivity index (χ0) is 32.7. The van der Waals surface area contributed by atoms with E-state index in [-0.39, 0.29) is 53.8 Å². The molecule has 12 nitrogen and oxygen atoms in total. The number of piperidine rings is 1. The molecule has 2 aromatic carbocycles. The Morgan fingerprint density at radius 2 is 1.51 bits per heavy atom. The van der Waals surface area contributed by atoms with Crippen molar-refractivity contribution in [2.75, 3.05) is 13.1 Å². The van der Waals surface area contributed by atoms with Crippen molar-refractivity contribution in [1.82, 2.24) is 30.4 Å². The van der Waals surface area contributed by atoms with Gasteiger partial charge in [0.2, 0.25) is 17.7 Å². The van der Waals surface area contributed by atoms with Gasteiger partial charge in [-0.05, 0) is 80.3 Å². The van der Waals surface area contributed by atoms with E-state index in [1.807, 2.05) is 41.0 Å². The summed E-state index contributed by atoms with van der Waals surface area (Å²) in [6.45, 7) is 1.27. The highest BCUT2D eigenvalue weighted by Crippen LogP contribution is 2.30. The number of imide groups is 2. The Morgan fingerprint density at radius 1 is 0.809 bits per heavy atom. The third-order valence-corrected chi connectivity index (χ3v) is 9.64. The van der Waals surface area contributed by atoms with Crippen LogP contribution in [0.2, 0.25) is 0 Å². The van der Waals surface area contributed by atoms with Gasteiger partial charge in [0.05, 0.1) is 16.6 Å². The predicted octanol–water partition coefficient (Wildman–Crippen LogP) is 2.94. The number of hydrogen-bond donors (Lipinski definition) is 3. The van der Waals surface area contributed by atoms with E-state index in [0.717, 1.165) is 52.5 Å². The Morgan fingerprint density at radius 3 is 2.28 bits per heavy atom. The topological polar surface area (TPSA) is 160 Å². The zero-order valence-corrected chi connectivity index (χ0v) is 25.7. The molecule has 1 aliphatic carbocycles. The average Bonchev–Trinajstić information content (AvgIpc) is 3.53. The molecule has 7 rings (SSSR count). The van der Waals surface area contributed by atoms with Gasteiger partial charge in [-0.25, -0.2) is 4.98 Å². The molecule has 0 radical (unpaired) electrons. The lowest BCUT2D eigenvalue weighted by atomic mass is 9.82. The number of nitrogens with one attached hydrogen (secondary N) is 3. The molecule has 240 valence electrons. The van der Waals surface area contributed by atoms with Crippen molar-refractivity contribution in [3.8, 4) is 0 Å². The first-order valence-electron chi connectivity index (χ1n) is 16.0. The summed E-state index contributed by atoms with van der Waals surface area (Å²) in [6, 6.07) is 15.2. The molecule has 1 unspecified atom stereocenters. The lowest BCUT2D eigenvalue weighted by Gasteiger charge is -2.28. The predicted molar refractivity (Wildman–Crippen MR) is 171 cm³/mol. The Labute approximate surface area is 269 Å². The van der Waals surface area contributed by atoms with E-state index in [1.54, 1.807) is 6.20 Å². The van der Waals surface area contributed by atoms with Gasteiger partial charge in [-0.15, -0.1) is 0 Å². The maximum Gasteiger partial charge on any atom is 0.262 e. The lowest BCUT2D eigenvalue weighted by Crippen LogP contribution is -2.54. The molecule has 2 aliphatic heterocycles. The van der Waals surface area contributed by atoms with Crippen LogP contribution < -0.4 is 16.0 Å². The molecular formula is C35H34N6O6. The van der Waals surface area contributed by atoms with Gasteiger partial charge in [0, 0.05) is 42.0 Å².